The number of allylic oxidation sites excluding steroid dienone is 4. The second-order valence-corrected chi connectivity index (χ2v) is 6.82. The molecule has 0 aromatic heterocycles. The third kappa shape index (κ3) is 4.06. The van der Waals surface area contributed by atoms with Crippen molar-refractivity contribution in [3.05, 3.63) is 83.1 Å². The van der Waals surface area contributed by atoms with E-state index in [1.807, 2.05) is 48.6 Å². The van der Waals surface area contributed by atoms with Crippen LogP contribution in [0.25, 0.3) is 11.6 Å². The average molecular weight is 380 g/mol. The van der Waals surface area contributed by atoms with Gasteiger partial charge in [-0.05, 0) is 35.9 Å². The summed E-state index contributed by atoms with van der Waals surface area (Å²) in [7, 11) is 0. The first-order valence-corrected chi connectivity index (χ1v) is 9.56. The monoisotopic (exact) mass is 380 g/mol. The summed E-state index contributed by atoms with van der Waals surface area (Å²) in [6.45, 7) is 4.06. The van der Waals surface area contributed by atoms with Crippen molar-refractivity contribution in [2.24, 2.45) is 0 Å². The molecule has 0 spiro atoms. The van der Waals surface area contributed by atoms with Gasteiger partial charge in [-0.2, -0.15) is 10.5 Å². The highest BCUT2D eigenvalue weighted by atomic mass is 16.5. The zero-order chi connectivity index (χ0) is 20.1. The van der Waals surface area contributed by atoms with Gasteiger partial charge in [-0.15, -0.1) is 0 Å². The number of anilines is 1. The fourth-order valence-electron chi connectivity index (χ4n) is 3.49. The number of nitrogens with one attached hydrogen (secondary N) is 1. The molecule has 1 saturated heterocycles. The Bertz CT molecular complexity index is 1060. The van der Waals surface area contributed by atoms with Crippen molar-refractivity contribution in [3.8, 4) is 17.9 Å². The Morgan fingerprint density at radius 2 is 1.69 bits per heavy atom. The van der Waals surface area contributed by atoms with Crippen LogP contribution >= 0.6 is 0 Å². The summed E-state index contributed by atoms with van der Waals surface area (Å²) in [5.41, 5.74) is 3.70. The largest absolute Gasteiger partial charge is 0.457 e. The highest BCUT2D eigenvalue weighted by Crippen LogP contribution is 2.35. The Morgan fingerprint density at radius 3 is 2.41 bits per heavy atom. The number of hydrogen-bond acceptors (Lipinski definition) is 5. The number of para-hydroxylation sites is 1. The van der Waals surface area contributed by atoms with E-state index in [-0.39, 0.29) is 5.57 Å². The Morgan fingerprint density at radius 1 is 0.966 bits per heavy atom. The maximum absolute atomic E-state index is 9.31. The summed E-state index contributed by atoms with van der Waals surface area (Å²) >= 11 is 0. The quantitative estimate of drug-likeness (QED) is 0.818. The number of nitrogens with zero attached hydrogens (tertiary/aromatic N) is 3. The predicted octanol–water partition coefficient (Wildman–Crippen LogP) is 3.89. The number of nitriles is 2. The lowest BCUT2D eigenvalue weighted by molar-refractivity contribution is 0.439. The lowest BCUT2D eigenvalue weighted by Crippen LogP contribution is -2.43. The first-order chi connectivity index (χ1) is 14.3. The van der Waals surface area contributed by atoms with Crippen molar-refractivity contribution in [1.82, 2.24) is 5.32 Å². The molecule has 0 bridgehead atoms. The summed E-state index contributed by atoms with van der Waals surface area (Å²) < 4.78 is 5.95. The molecule has 29 heavy (non-hydrogen) atoms. The fourth-order valence-corrected chi connectivity index (χ4v) is 3.49. The molecule has 1 N–H and O–H groups in total. The molecule has 4 rings (SSSR count). The van der Waals surface area contributed by atoms with Crippen LogP contribution in [0.4, 0.5) is 5.69 Å². The van der Waals surface area contributed by atoms with E-state index < -0.39 is 0 Å². The molecule has 0 amide bonds. The Hall–Kier alpha value is -3.80. The number of ether oxygens (including phenoxy) is 1. The van der Waals surface area contributed by atoms with Crippen molar-refractivity contribution in [1.29, 1.82) is 10.5 Å². The van der Waals surface area contributed by atoms with Gasteiger partial charge in [-0.1, -0.05) is 36.4 Å². The van der Waals surface area contributed by atoms with Crippen LogP contribution in [-0.4, -0.2) is 26.2 Å². The normalized spacial score (nSPS) is 15.7. The molecule has 5 heteroatoms. The summed E-state index contributed by atoms with van der Waals surface area (Å²) in [6.07, 6.45) is 5.58. The van der Waals surface area contributed by atoms with Gasteiger partial charge in [0.1, 0.15) is 29.2 Å². The van der Waals surface area contributed by atoms with E-state index in [4.69, 9.17) is 4.74 Å². The second kappa shape index (κ2) is 8.48. The number of fused-ring (bicyclic) bond motifs is 1. The number of benzene rings is 2. The van der Waals surface area contributed by atoms with Gasteiger partial charge in [-0.3, -0.25) is 0 Å². The van der Waals surface area contributed by atoms with Crippen molar-refractivity contribution in [2.45, 2.75) is 0 Å². The first kappa shape index (κ1) is 18.6. The van der Waals surface area contributed by atoms with E-state index >= 15 is 0 Å². The molecule has 142 valence electrons. The number of rotatable bonds is 3. The molecule has 2 heterocycles. The Balaban J connectivity index is 1.57. The van der Waals surface area contributed by atoms with Gasteiger partial charge in [-0.25, -0.2) is 0 Å². The third-order valence-corrected chi connectivity index (χ3v) is 5.00. The highest BCUT2D eigenvalue weighted by molar-refractivity contribution is 5.87. The second-order valence-electron chi connectivity index (χ2n) is 6.82. The molecule has 1 fully saturated rings. The first-order valence-electron chi connectivity index (χ1n) is 9.56. The Labute approximate surface area is 170 Å². The fraction of sp³-hybridized carbons (Fsp3) is 0.167. The zero-order valence-corrected chi connectivity index (χ0v) is 15.9. The maximum Gasteiger partial charge on any atom is 0.137 e. The molecular formula is C24H20N4O. The van der Waals surface area contributed by atoms with Crippen molar-refractivity contribution >= 4 is 17.3 Å². The molecule has 5 nitrogen and oxygen atoms in total. The van der Waals surface area contributed by atoms with Crippen molar-refractivity contribution < 1.29 is 4.74 Å². The summed E-state index contributed by atoms with van der Waals surface area (Å²) in [5.74, 6) is 1.23. The average Bonchev–Trinajstić information content (AvgIpc) is 2.79. The van der Waals surface area contributed by atoms with Crippen molar-refractivity contribution in [3.63, 3.8) is 0 Å². The minimum absolute atomic E-state index is 0.0759. The van der Waals surface area contributed by atoms with Gasteiger partial charge in [0.2, 0.25) is 0 Å². The zero-order valence-electron chi connectivity index (χ0n) is 15.9. The van der Waals surface area contributed by atoms with E-state index in [2.05, 4.69) is 34.5 Å². The van der Waals surface area contributed by atoms with Gasteiger partial charge < -0.3 is 15.0 Å². The molecule has 2 aliphatic heterocycles. The van der Waals surface area contributed by atoms with Crippen molar-refractivity contribution in [2.75, 3.05) is 31.1 Å². The molecule has 2 aromatic rings. The van der Waals surface area contributed by atoms with Crippen LogP contribution in [0.1, 0.15) is 11.1 Å². The molecule has 2 aromatic carbocycles. The maximum atomic E-state index is 9.31. The SMILES string of the molecule is N#CC(C#N)=C1C=C(/C=C/c2ccc(N3CCNCC3)cc2)Oc2ccccc21. The standard InChI is InChI=1S/C24H20N4O/c25-16-19(17-26)23-15-21(29-24-4-2-1-3-22(23)24)10-7-18-5-8-20(9-6-18)28-13-11-27-12-14-28/h1-10,15,27H,11-14H2/b10-7+. The number of hydrogen-bond donors (Lipinski definition) is 1. The molecule has 0 aliphatic carbocycles. The van der Waals surface area contributed by atoms with Gasteiger partial charge in [0.05, 0.1) is 0 Å². The Kier molecular flexibility index (Phi) is 5.42. The van der Waals surface area contributed by atoms with Crippen LogP contribution in [0.5, 0.6) is 5.75 Å². The molecule has 0 atom stereocenters. The highest BCUT2D eigenvalue weighted by Gasteiger charge is 2.18. The predicted molar refractivity (Wildman–Crippen MR) is 114 cm³/mol. The summed E-state index contributed by atoms with van der Waals surface area (Å²) in [4.78, 5) is 2.37. The van der Waals surface area contributed by atoms with Gasteiger partial charge in [0.25, 0.3) is 0 Å². The minimum Gasteiger partial charge on any atom is -0.457 e. The lowest BCUT2D eigenvalue weighted by Gasteiger charge is -2.29. The smallest absolute Gasteiger partial charge is 0.137 e. The number of piperazine rings is 1. The van der Waals surface area contributed by atoms with E-state index in [1.54, 1.807) is 6.08 Å². The van der Waals surface area contributed by atoms with Crippen LogP contribution < -0.4 is 15.0 Å². The van der Waals surface area contributed by atoms with Crippen LogP contribution in [0.3, 0.4) is 0 Å². The van der Waals surface area contributed by atoms with Crippen LogP contribution in [0.15, 0.2) is 72.0 Å². The van der Waals surface area contributed by atoms with Crippen LogP contribution in [0, 0.1) is 22.7 Å². The van der Waals surface area contributed by atoms with E-state index in [0.717, 1.165) is 37.3 Å². The van der Waals surface area contributed by atoms with Gasteiger partial charge in [0.15, 0.2) is 0 Å². The van der Waals surface area contributed by atoms with Crippen LogP contribution in [0.2, 0.25) is 0 Å². The summed E-state index contributed by atoms with van der Waals surface area (Å²) in [6, 6.07) is 19.8. The summed E-state index contributed by atoms with van der Waals surface area (Å²) in [5, 5.41) is 22.0. The molecule has 0 saturated carbocycles. The molecular weight excluding hydrogens is 360 g/mol. The van der Waals surface area contributed by atoms with Crippen LogP contribution in [-0.2, 0) is 0 Å². The van der Waals surface area contributed by atoms with E-state index in [9.17, 15) is 10.5 Å². The third-order valence-electron chi connectivity index (χ3n) is 5.00. The lowest BCUT2D eigenvalue weighted by atomic mass is 9.97. The molecule has 0 unspecified atom stereocenters. The van der Waals surface area contributed by atoms with Gasteiger partial charge >= 0.3 is 0 Å². The van der Waals surface area contributed by atoms with Gasteiger partial charge in [0, 0.05) is 43.0 Å². The topological polar surface area (TPSA) is 72.1 Å². The molecule has 2 aliphatic rings. The molecule has 0 radical (unpaired) electrons. The van der Waals surface area contributed by atoms with E-state index in [1.165, 1.54) is 5.69 Å². The van der Waals surface area contributed by atoms with E-state index in [0.29, 0.717) is 17.1 Å². The minimum atomic E-state index is 0.0759.